The van der Waals surface area contributed by atoms with E-state index in [0.29, 0.717) is 0 Å². The van der Waals surface area contributed by atoms with Crippen molar-refractivity contribution in [1.82, 2.24) is 15.1 Å². The van der Waals surface area contributed by atoms with Gasteiger partial charge in [0.25, 0.3) is 0 Å². The summed E-state index contributed by atoms with van der Waals surface area (Å²) in [5.41, 5.74) is 4.43. The molecule has 0 saturated carbocycles. The van der Waals surface area contributed by atoms with Crippen LogP contribution in [0.1, 0.15) is 24.0 Å². The van der Waals surface area contributed by atoms with E-state index >= 15 is 0 Å². The number of aliphatic carboxylic acids is 1. The topological polar surface area (TPSA) is 116 Å². The molecule has 2 aliphatic rings. The minimum absolute atomic E-state index is 0.0888. The van der Waals surface area contributed by atoms with E-state index in [4.69, 9.17) is 9.84 Å². The quantitative estimate of drug-likeness (QED) is 0.690. The molecule has 4 rings (SSSR count). The van der Waals surface area contributed by atoms with Crippen LogP contribution in [0.2, 0.25) is 0 Å². The van der Waals surface area contributed by atoms with Crippen LogP contribution in [0.15, 0.2) is 48.5 Å². The van der Waals surface area contributed by atoms with Gasteiger partial charge in [-0.2, -0.15) is 0 Å². The lowest BCUT2D eigenvalue weighted by atomic mass is 9.98. The predicted molar refractivity (Wildman–Crippen MR) is 118 cm³/mol. The molecule has 9 nitrogen and oxygen atoms in total. The number of ether oxygens (including phenoxy) is 1. The number of nitrogens with one attached hydrogen (secondary N) is 1. The van der Waals surface area contributed by atoms with Gasteiger partial charge in [-0.15, -0.1) is 0 Å². The fourth-order valence-electron chi connectivity index (χ4n) is 4.38. The Morgan fingerprint density at radius 2 is 1.67 bits per heavy atom. The van der Waals surface area contributed by atoms with Crippen LogP contribution in [0.5, 0.6) is 0 Å². The van der Waals surface area contributed by atoms with E-state index in [1.165, 1.54) is 16.7 Å². The Balaban J connectivity index is 1.32. The molecule has 172 valence electrons. The van der Waals surface area contributed by atoms with E-state index in [-0.39, 0.29) is 32.2 Å². The average Bonchev–Trinajstić information content (AvgIpc) is 3.12. The third-order valence-electron chi connectivity index (χ3n) is 6.00. The number of hydrogen-bond acceptors (Lipinski definition) is 5. The molecule has 33 heavy (non-hydrogen) atoms. The monoisotopic (exact) mass is 451 g/mol. The highest BCUT2D eigenvalue weighted by Gasteiger charge is 2.32. The van der Waals surface area contributed by atoms with Crippen molar-refractivity contribution >= 4 is 23.9 Å². The Kier molecular flexibility index (Phi) is 6.30. The summed E-state index contributed by atoms with van der Waals surface area (Å²) in [5.74, 6) is -2.06. The number of carbonyl (C=O) groups excluding carboxylic acids is 3. The third kappa shape index (κ3) is 4.67. The lowest BCUT2D eigenvalue weighted by molar-refractivity contribution is -0.150. The number of carboxylic acids is 1. The van der Waals surface area contributed by atoms with E-state index in [2.05, 4.69) is 5.32 Å². The van der Waals surface area contributed by atoms with Crippen LogP contribution in [0.4, 0.5) is 4.79 Å². The predicted octanol–water partition coefficient (Wildman–Crippen LogP) is 1.67. The number of amides is 3. The van der Waals surface area contributed by atoms with Crippen LogP contribution < -0.4 is 5.32 Å². The zero-order chi connectivity index (χ0) is 23.5. The van der Waals surface area contributed by atoms with Gasteiger partial charge in [-0.25, -0.2) is 4.79 Å². The van der Waals surface area contributed by atoms with Crippen molar-refractivity contribution in [3.8, 4) is 11.1 Å². The summed E-state index contributed by atoms with van der Waals surface area (Å²) >= 11 is 0. The Hall–Kier alpha value is -3.88. The van der Waals surface area contributed by atoms with Crippen LogP contribution in [-0.4, -0.2) is 77.6 Å². The number of fused-ring (bicyclic) bond motifs is 3. The van der Waals surface area contributed by atoms with Crippen molar-refractivity contribution in [2.75, 3.05) is 32.8 Å². The van der Waals surface area contributed by atoms with Gasteiger partial charge in [0.2, 0.25) is 11.8 Å². The molecule has 1 fully saturated rings. The van der Waals surface area contributed by atoms with Crippen LogP contribution in [0.3, 0.4) is 0 Å². The molecule has 0 spiro atoms. The smallest absolute Gasteiger partial charge is 0.407 e. The number of benzene rings is 2. The SMILES string of the molecule is C[C@H](NC(=O)OCC1c2ccccc2-c2ccccc21)C(=O)N1CCN(CC(=O)O)C(=O)C1. The van der Waals surface area contributed by atoms with Crippen LogP contribution in [0.25, 0.3) is 11.1 Å². The summed E-state index contributed by atoms with van der Waals surface area (Å²) in [5, 5.41) is 11.4. The Morgan fingerprint density at radius 1 is 1.06 bits per heavy atom. The van der Waals surface area contributed by atoms with Gasteiger partial charge in [-0.05, 0) is 29.2 Å². The summed E-state index contributed by atoms with van der Waals surface area (Å²) in [7, 11) is 0. The van der Waals surface area contributed by atoms with Gasteiger partial charge >= 0.3 is 12.1 Å². The first-order valence-corrected chi connectivity index (χ1v) is 10.7. The van der Waals surface area contributed by atoms with Gasteiger partial charge in [0.15, 0.2) is 0 Å². The Labute approximate surface area is 190 Å². The minimum atomic E-state index is -1.10. The van der Waals surface area contributed by atoms with Crippen LogP contribution in [0, 0.1) is 0 Å². The van der Waals surface area contributed by atoms with E-state index in [1.807, 2.05) is 48.5 Å². The summed E-state index contributed by atoms with van der Waals surface area (Å²) in [6.07, 6.45) is -0.714. The lowest BCUT2D eigenvalue weighted by Crippen LogP contribution is -2.57. The molecular weight excluding hydrogens is 426 g/mol. The molecule has 1 atom stereocenters. The molecule has 1 heterocycles. The van der Waals surface area contributed by atoms with Gasteiger partial charge in [-0.3, -0.25) is 14.4 Å². The molecule has 3 amide bonds. The first-order valence-electron chi connectivity index (χ1n) is 10.7. The van der Waals surface area contributed by atoms with Crippen molar-refractivity contribution in [1.29, 1.82) is 0 Å². The number of hydrogen-bond donors (Lipinski definition) is 2. The molecule has 0 aromatic heterocycles. The zero-order valence-corrected chi connectivity index (χ0v) is 18.2. The first-order chi connectivity index (χ1) is 15.8. The summed E-state index contributed by atoms with van der Waals surface area (Å²) in [6, 6.07) is 15.1. The molecule has 2 aromatic carbocycles. The minimum Gasteiger partial charge on any atom is -0.480 e. The molecular formula is C24H25N3O6. The largest absolute Gasteiger partial charge is 0.480 e. The summed E-state index contributed by atoms with van der Waals surface area (Å²) in [6.45, 7) is 1.38. The van der Waals surface area contributed by atoms with E-state index in [0.717, 1.165) is 22.3 Å². The molecule has 2 aromatic rings. The first kappa shape index (κ1) is 22.3. The Bertz CT molecular complexity index is 1060. The maximum atomic E-state index is 12.7. The molecule has 1 aliphatic heterocycles. The zero-order valence-electron chi connectivity index (χ0n) is 18.2. The normalized spacial score (nSPS) is 16.1. The van der Waals surface area contributed by atoms with Gasteiger partial charge in [0, 0.05) is 19.0 Å². The highest BCUT2D eigenvalue weighted by molar-refractivity contribution is 5.91. The van der Waals surface area contributed by atoms with Crippen LogP contribution >= 0.6 is 0 Å². The van der Waals surface area contributed by atoms with Crippen molar-refractivity contribution in [3.05, 3.63) is 59.7 Å². The third-order valence-corrected chi connectivity index (χ3v) is 6.00. The fraction of sp³-hybridized carbons (Fsp3) is 0.333. The van der Waals surface area contributed by atoms with Gasteiger partial charge in [0.1, 0.15) is 19.2 Å². The van der Waals surface area contributed by atoms with E-state index in [9.17, 15) is 19.2 Å². The number of piperazine rings is 1. The van der Waals surface area contributed by atoms with E-state index < -0.39 is 36.5 Å². The van der Waals surface area contributed by atoms with Crippen LogP contribution in [-0.2, 0) is 19.1 Å². The van der Waals surface area contributed by atoms with Crippen molar-refractivity contribution in [3.63, 3.8) is 0 Å². The molecule has 1 aliphatic carbocycles. The van der Waals surface area contributed by atoms with E-state index in [1.54, 1.807) is 0 Å². The maximum absolute atomic E-state index is 12.7. The molecule has 1 saturated heterocycles. The Morgan fingerprint density at radius 3 is 2.24 bits per heavy atom. The second-order valence-corrected chi connectivity index (χ2v) is 8.16. The maximum Gasteiger partial charge on any atom is 0.407 e. The molecule has 0 bridgehead atoms. The summed E-state index contributed by atoms with van der Waals surface area (Å²) < 4.78 is 5.47. The number of nitrogens with zero attached hydrogens (tertiary/aromatic N) is 2. The number of alkyl carbamates (subject to hydrolysis) is 1. The number of rotatable bonds is 6. The summed E-state index contributed by atoms with van der Waals surface area (Å²) in [4.78, 5) is 50.5. The van der Waals surface area contributed by atoms with Gasteiger partial charge < -0.3 is 25.0 Å². The van der Waals surface area contributed by atoms with Crippen molar-refractivity contribution in [2.24, 2.45) is 0 Å². The molecule has 2 N–H and O–H groups in total. The number of carboxylic acid groups (broad SMARTS) is 1. The average molecular weight is 451 g/mol. The van der Waals surface area contributed by atoms with Gasteiger partial charge in [0.05, 0.1) is 6.54 Å². The van der Waals surface area contributed by atoms with Crippen molar-refractivity contribution in [2.45, 2.75) is 18.9 Å². The lowest BCUT2D eigenvalue weighted by Gasteiger charge is -2.34. The number of carbonyl (C=O) groups is 4. The second kappa shape index (κ2) is 9.32. The highest BCUT2D eigenvalue weighted by Crippen LogP contribution is 2.44. The van der Waals surface area contributed by atoms with Gasteiger partial charge in [-0.1, -0.05) is 48.5 Å². The second-order valence-electron chi connectivity index (χ2n) is 8.16. The molecule has 0 radical (unpaired) electrons. The van der Waals surface area contributed by atoms with Crippen molar-refractivity contribution < 1.29 is 29.0 Å². The fourth-order valence-corrected chi connectivity index (χ4v) is 4.38. The highest BCUT2D eigenvalue weighted by atomic mass is 16.5. The molecule has 0 unspecified atom stereocenters. The molecule has 9 heteroatoms. The standard InChI is InChI=1S/C24H25N3O6/c1-15(23(31)27-11-10-26(13-22(29)30)21(28)12-27)25-24(32)33-14-20-18-8-4-2-6-16(18)17-7-3-5-9-19(17)20/h2-9,15,20H,10-14H2,1H3,(H,25,32)(H,29,30)/t15-/m0/s1.